The van der Waals surface area contributed by atoms with Crippen molar-refractivity contribution in [1.29, 1.82) is 0 Å². The number of hydrogen-bond donors (Lipinski definition) is 0. The SMILES string of the molecule is Cc1cc(C(=O)N2CCC(CCc3noc(C4CCOCC4)n3)CC2)nn1C. The molecule has 0 radical (unpaired) electrons. The lowest BCUT2D eigenvalue weighted by Crippen LogP contribution is -2.38. The largest absolute Gasteiger partial charge is 0.381 e. The summed E-state index contributed by atoms with van der Waals surface area (Å²) in [5, 5.41) is 8.48. The van der Waals surface area contributed by atoms with Gasteiger partial charge in [-0.2, -0.15) is 10.1 Å². The number of carbonyl (C=O) groups excluding carboxylic acids is 1. The molecule has 0 aliphatic carbocycles. The Labute approximate surface area is 165 Å². The topological polar surface area (TPSA) is 86.3 Å². The molecule has 4 rings (SSSR count). The monoisotopic (exact) mass is 387 g/mol. The van der Waals surface area contributed by atoms with E-state index in [1.54, 1.807) is 4.68 Å². The van der Waals surface area contributed by atoms with Crippen molar-refractivity contribution in [1.82, 2.24) is 24.8 Å². The van der Waals surface area contributed by atoms with Crippen molar-refractivity contribution in [2.24, 2.45) is 13.0 Å². The molecule has 152 valence electrons. The lowest BCUT2D eigenvalue weighted by Gasteiger charge is -2.31. The molecule has 28 heavy (non-hydrogen) atoms. The molecule has 4 heterocycles. The molecule has 8 heteroatoms. The van der Waals surface area contributed by atoms with E-state index in [1.807, 2.05) is 24.9 Å². The molecule has 0 aromatic carbocycles. The maximum absolute atomic E-state index is 12.6. The second kappa shape index (κ2) is 8.43. The van der Waals surface area contributed by atoms with E-state index in [4.69, 9.17) is 9.26 Å². The molecule has 0 N–H and O–H groups in total. The van der Waals surface area contributed by atoms with Crippen molar-refractivity contribution in [2.45, 2.75) is 51.4 Å². The second-order valence-electron chi connectivity index (χ2n) is 8.00. The second-order valence-corrected chi connectivity index (χ2v) is 8.00. The van der Waals surface area contributed by atoms with E-state index in [0.29, 0.717) is 17.5 Å². The van der Waals surface area contributed by atoms with Crippen molar-refractivity contribution in [2.75, 3.05) is 26.3 Å². The van der Waals surface area contributed by atoms with Crippen LogP contribution >= 0.6 is 0 Å². The first kappa shape index (κ1) is 19.1. The van der Waals surface area contributed by atoms with Crippen LogP contribution in [0.3, 0.4) is 0 Å². The summed E-state index contributed by atoms with van der Waals surface area (Å²) in [6.45, 7) is 5.09. The highest BCUT2D eigenvalue weighted by atomic mass is 16.5. The van der Waals surface area contributed by atoms with Gasteiger partial charge in [0, 0.05) is 51.4 Å². The summed E-state index contributed by atoms with van der Waals surface area (Å²) < 4.78 is 12.6. The van der Waals surface area contributed by atoms with Gasteiger partial charge in [0.1, 0.15) is 0 Å². The first-order valence-corrected chi connectivity index (χ1v) is 10.3. The van der Waals surface area contributed by atoms with Crippen LogP contribution in [0.25, 0.3) is 0 Å². The highest BCUT2D eigenvalue weighted by Crippen LogP contribution is 2.27. The standard InChI is InChI=1S/C20H29N5O3/c1-14-13-17(22-24(14)2)20(26)25-9-5-15(6-10-25)3-4-18-21-19(28-23-18)16-7-11-27-12-8-16/h13,15-16H,3-12H2,1-2H3. The van der Waals surface area contributed by atoms with Gasteiger partial charge in [0.2, 0.25) is 5.89 Å². The molecule has 0 bridgehead atoms. The summed E-state index contributed by atoms with van der Waals surface area (Å²) in [6.07, 6.45) is 5.83. The fraction of sp³-hybridized carbons (Fsp3) is 0.700. The third-order valence-corrected chi connectivity index (χ3v) is 6.07. The number of aromatic nitrogens is 4. The number of carbonyl (C=O) groups is 1. The lowest BCUT2D eigenvalue weighted by molar-refractivity contribution is 0.0680. The van der Waals surface area contributed by atoms with Crippen LogP contribution in [0, 0.1) is 12.8 Å². The van der Waals surface area contributed by atoms with Crippen LogP contribution in [0.15, 0.2) is 10.6 Å². The Hall–Kier alpha value is -2.22. The van der Waals surface area contributed by atoms with Crippen molar-refractivity contribution in [3.63, 3.8) is 0 Å². The smallest absolute Gasteiger partial charge is 0.274 e. The average molecular weight is 387 g/mol. The van der Waals surface area contributed by atoms with Gasteiger partial charge in [-0.05, 0) is 51.0 Å². The number of likely N-dealkylation sites (tertiary alicyclic amines) is 1. The van der Waals surface area contributed by atoms with Crippen LogP contribution in [-0.2, 0) is 18.2 Å². The van der Waals surface area contributed by atoms with Crippen LogP contribution in [0.1, 0.15) is 65.9 Å². The van der Waals surface area contributed by atoms with Crippen LogP contribution < -0.4 is 0 Å². The van der Waals surface area contributed by atoms with E-state index in [1.165, 1.54) is 0 Å². The lowest BCUT2D eigenvalue weighted by atomic mass is 9.92. The predicted octanol–water partition coefficient (Wildman–Crippen LogP) is 2.49. The zero-order valence-corrected chi connectivity index (χ0v) is 16.8. The molecule has 2 aromatic rings. The van der Waals surface area contributed by atoms with Crippen molar-refractivity contribution in [3.8, 4) is 0 Å². The summed E-state index contributed by atoms with van der Waals surface area (Å²) >= 11 is 0. The van der Waals surface area contributed by atoms with Crippen LogP contribution in [0.2, 0.25) is 0 Å². The fourth-order valence-corrected chi connectivity index (χ4v) is 4.06. The highest BCUT2D eigenvalue weighted by Gasteiger charge is 2.26. The zero-order chi connectivity index (χ0) is 19.5. The average Bonchev–Trinajstić information content (AvgIpc) is 3.34. The summed E-state index contributed by atoms with van der Waals surface area (Å²) in [5.74, 6) is 2.56. The molecule has 1 amide bonds. The minimum atomic E-state index is 0.0430. The zero-order valence-electron chi connectivity index (χ0n) is 16.8. The molecule has 2 aromatic heterocycles. The first-order chi connectivity index (χ1) is 13.6. The van der Waals surface area contributed by atoms with E-state index in [2.05, 4.69) is 15.2 Å². The minimum Gasteiger partial charge on any atom is -0.381 e. The molecule has 8 nitrogen and oxygen atoms in total. The molecule has 0 spiro atoms. The number of aryl methyl sites for hydroxylation is 3. The quantitative estimate of drug-likeness (QED) is 0.783. The van der Waals surface area contributed by atoms with E-state index in [-0.39, 0.29) is 5.91 Å². The van der Waals surface area contributed by atoms with Gasteiger partial charge in [-0.15, -0.1) is 0 Å². The number of hydrogen-bond acceptors (Lipinski definition) is 6. The molecule has 2 aliphatic heterocycles. The molecule has 0 atom stereocenters. The molecule has 0 unspecified atom stereocenters. The fourth-order valence-electron chi connectivity index (χ4n) is 4.06. The molecular weight excluding hydrogens is 358 g/mol. The Bertz CT molecular complexity index is 781. The number of rotatable bonds is 5. The number of ether oxygens (including phenoxy) is 1. The Morgan fingerprint density at radius 1 is 1.21 bits per heavy atom. The Balaban J connectivity index is 1.23. The third-order valence-electron chi connectivity index (χ3n) is 6.07. The number of amides is 1. The maximum Gasteiger partial charge on any atom is 0.274 e. The van der Waals surface area contributed by atoms with E-state index in [9.17, 15) is 4.79 Å². The van der Waals surface area contributed by atoms with Crippen molar-refractivity contribution in [3.05, 3.63) is 29.2 Å². The van der Waals surface area contributed by atoms with Gasteiger partial charge < -0.3 is 14.2 Å². The molecule has 2 aliphatic rings. The molecule has 2 saturated heterocycles. The number of piperidine rings is 1. The van der Waals surface area contributed by atoms with Gasteiger partial charge in [0.15, 0.2) is 11.5 Å². The van der Waals surface area contributed by atoms with Crippen molar-refractivity contribution >= 4 is 5.91 Å². The number of nitrogens with zero attached hydrogens (tertiary/aromatic N) is 5. The van der Waals surface area contributed by atoms with Gasteiger partial charge in [-0.1, -0.05) is 5.16 Å². The predicted molar refractivity (Wildman–Crippen MR) is 102 cm³/mol. The van der Waals surface area contributed by atoms with Gasteiger partial charge in [0.25, 0.3) is 5.91 Å². The maximum atomic E-state index is 12.6. The third kappa shape index (κ3) is 4.27. The van der Waals surface area contributed by atoms with E-state index in [0.717, 1.165) is 82.2 Å². The summed E-state index contributed by atoms with van der Waals surface area (Å²) in [4.78, 5) is 19.1. The summed E-state index contributed by atoms with van der Waals surface area (Å²) in [5.41, 5.74) is 1.55. The summed E-state index contributed by atoms with van der Waals surface area (Å²) in [7, 11) is 1.86. The Kier molecular flexibility index (Phi) is 5.75. The van der Waals surface area contributed by atoms with Crippen LogP contribution in [-0.4, -0.2) is 57.0 Å². The first-order valence-electron chi connectivity index (χ1n) is 10.3. The van der Waals surface area contributed by atoms with Gasteiger partial charge in [0.05, 0.1) is 0 Å². The highest BCUT2D eigenvalue weighted by molar-refractivity contribution is 5.92. The Morgan fingerprint density at radius 2 is 1.96 bits per heavy atom. The normalized spacial score (nSPS) is 19.3. The van der Waals surface area contributed by atoms with Gasteiger partial charge >= 0.3 is 0 Å². The van der Waals surface area contributed by atoms with Crippen LogP contribution in [0.4, 0.5) is 0 Å². The van der Waals surface area contributed by atoms with E-state index >= 15 is 0 Å². The molecule has 0 saturated carbocycles. The van der Waals surface area contributed by atoms with Gasteiger partial charge in [-0.3, -0.25) is 9.48 Å². The molecular formula is C20H29N5O3. The van der Waals surface area contributed by atoms with Crippen LogP contribution in [0.5, 0.6) is 0 Å². The van der Waals surface area contributed by atoms with Crippen molar-refractivity contribution < 1.29 is 14.1 Å². The summed E-state index contributed by atoms with van der Waals surface area (Å²) in [6, 6.07) is 1.86. The van der Waals surface area contributed by atoms with Gasteiger partial charge in [-0.25, -0.2) is 0 Å². The Morgan fingerprint density at radius 3 is 2.64 bits per heavy atom. The van der Waals surface area contributed by atoms with E-state index < -0.39 is 0 Å². The molecule has 2 fully saturated rings. The minimum absolute atomic E-state index is 0.0430.